The first kappa shape index (κ1) is 13.0. The molecule has 0 amide bonds. The molecule has 0 saturated carbocycles. The second-order valence-corrected chi connectivity index (χ2v) is 5.29. The van der Waals surface area contributed by atoms with Crippen molar-refractivity contribution < 1.29 is 17.6 Å². The Balaban J connectivity index is 2.32. The van der Waals surface area contributed by atoms with Crippen LogP contribution in [0.25, 0.3) is 11.0 Å². The van der Waals surface area contributed by atoms with E-state index in [9.17, 15) is 13.2 Å². The summed E-state index contributed by atoms with van der Waals surface area (Å²) in [4.78, 5) is 0. The van der Waals surface area contributed by atoms with E-state index in [4.69, 9.17) is 4.42 Å². The molecule has 2 rings (SSSR count). The fourth-order valence-electron chi connectivity index (χ4n) is 1.95. The molecule has 0 aliphatic carbocycles. The lowest BCUT2D eigenvalue weighted by atomic mass is 9.85. The lowest BCUT2D eigenvalue weighted by Gasteiger charge is -2.27. The SMILES string of the molecule is Cc1cc2cc(CC(C)(C)C(F)(F)F)ccc2o1. The molecule has 0 atom stereocenters. The van der Waals surface area contributed by atoms with E-state index in [1.165, 1.54) is 13.8 Å². The highest BCUT2D eigenvalue weighted by molar-refractivity contribution is 5.78. The summed E-state index contributed by atoms with van der Waals surface area (Å²) in [5, 5.41) is 0.850. The van der Waals surface area contributed by atoms with Crippen molar-refractivity contribution in [3.05, 3.63) is 35.6 Å². The number of rotatable bonds is 2. The number of furan rings is 1. The van der Waals surface area contributed by atoms with Crippen LogP contribution < -0.4 is 0 Å². The minimum atomic E-state index is -4.20. The number of hydrogen-bond acceptors (Lipinski definition) is 1. The highest BCUT2D eigenvalue weighted by Gasteiger charge is 2.46. The third-order valence-electron chi connectivity index (χ3n) is 3.12. The molecule has 1 aromatic heterocycles. The highest BCUT2D eigenvalue weighted by atomic mass is 19.4. The summed E-state index contributed by atoms with van der Waals surface area (Å²) >= 11 is 0. The molecule has 2 aromatic rings. The van der Waals surface area contributed by atoms with Crippen molar-refractivity contribution in [2.24, 2.45) is 5.41 Å². The average molecular weight is 256 g/mol. The molecule has 0 spiro atoms. The predicted octanol–water partition coefficient (Wildman–Crippen LogP) is 4.87. The summed E-state index contributed by atoms with van der Waals surface area (Å²) in [6, 6.07) is 7.02. The Bertz CT molecular complexity index is 564. The number of alkyl halides is 3. The van der Waals surface area contributed by atoms with Crippen LogP contribution in [0.1, 0.15) is 25.2 Å². The number of halogens is 3. The zero-order valence-electron chi connectivity index (χ0n) is 10.6. The summed E-state index contributed by atoms with van der Waals surface area (Å²) in [5.41, 5.74) is -0.342. The summed E-state index contributed by atoms with van der Waals surface area (Å²) < 4.78 is 43.9. The largest absolute Gasteiger partial charge is 0.461 e. The van der Waals surface area contributed by atoms with E-state index in [1.807, 2.05) is 13.0 Å². The normalized spacial score (nSPS) is 13.2. The van der Waals surface area contributed by atoms with Gasteiger partial charge in [0.2, 0.25) is 0 Å². The van der Waals surface area contributed by atoms with Gasteiger partial charge in [-0.15, -0.1) is 0 Å². The maximum atomic E-state index is 12.8. The smallest absolute Gasteiger partial charge is 0.394 e. The van der Waals surface area contributed by atoms with Crippen molar-refractivity contribution in [3.8, 4) is 0 Å². The second-order valence-electron chi connectivity index (χ2n) is 5.29. The Kier molecular flexibility index (Phi) is 2.92. The van der Waals surface area contributed by atoms with Crippen LogP contribution in [-0.4, -0.2) is 6.18 Å². The molecular formula is C14H15F3O. The molecule has 0 fully saturated rings. The molecule has 98 valence electrons. The maximum absolute atomic E-state index is 12.8. The molecular weight excluding hydrogens is 241 g/mol. The molecule has 0 aliphatic heterocycles. The molecule has 18 heavy (non-hydrogen) atoms. The molecule has 1 aromatic carbocycles. The van der Waals surface area contributed by atoms with Crippen LogP contribution in [-0.2, 0) is 6.42 Å². The van der Waals surface area contributed by atoms with E-state index < -0.39 is 11.6 Å². The summed E-state index contributed by atoms with van der Waals surface area (Å²) in [6.07, 6.45) is -4.23. The first-order valence-electron chi connectivity index (χ1n) is 5.75. The van der Waals surface area contributed by atoms with Gasteiger partial charge in [0.1, 0.15) is 11.3 Å². The minimum Gasteiger partial charge on any atom is -0.461 e. The monoisotopic (exact) mass is 256 g/mol. The van der Waals surface area contributed by atoms with Gasteiger partial charge >= 0.3 is 6.18 Å². The number of aryl methyl sites for hydroxylation is 1. The standard InChI is InChI=1S/C14H15F3O/c1-9-6-11-7-10(4-5-12(11)18-9)8-13(2,3)14(15,16)17/h4-7H,8H2,1-3H3. The van der Waals surface area contributed by atoms with E-state index in [2.05, 4.69) is 0 Å². The molecule has 0 aliphatic rings. The third-order valence-corrected chi connectivity index (χ3v) is 3.12. The zero-order valence-corrected chi connectivity index (χ0v) is 10.6. The number of benzene rings is 1. The Morgan fingerprint density at radius 2 is 1.78 bits per heavy atom. The average Bonchev–Trinajstić information content (AvgIpc) is 2.54. The summed E-state index contributed by atoms with van der Waals surface area (Å²) in [7, 11) is 0. The van der Waals surface area contributed by atoms with Crippen molar-refractivity contribution in [1.82, 2.24) is 0 Å². The van der Waals surface area contributed by atoms with Gasteiger partial charge in [-0.2, -0.15) is 13.2 Å². The van der Waals surface area contributed by atoms with Crippen molar-refractivity contribution in [1.29, 1.82) is 0 Å². The molecule has 1 nitrogen and oxygen atoms in total. The lowest BCUT2D eigenvalue weighted by molar-refractivity contribution is -0.211. The van der Waals surface area contributed by atoms with Crippen LogP contribution in [0, 0.1) is 12.3 Å². The van der Waals surface area contributed by atoms with Gasteiger partial charge in [0, 0.05) is 5.39 Å². The summed E-state index contributed by atoms with van der Waals surface area (Å²) in [6.45, 7) is 4.26. The maximum Gasteiger partial charge on any atom is 0.394 e. The van der Waals surface area contributed by atoms with E-state index in [0.29, 0.717) is 11.1 Å². The number of fused-ring (bicyclic) bond motifs is 1. The number of hydrogen-bond donors (Lipinski definition) is 0. The third kappa shape index (κ3) is 2.37. The quantitative estimate of drug-likeness (QED) is 0.747. The van der Waals surface area contributed by atoms with E-state index in [-0.39, 0.29) is 6.42 Å². The van der Waals surface area contributed by atoms with Crippen LogP contribution in [0.2, 0.25) is 0 Å². The van der Waals surface area contributed by atoms with Gasteiger partial charge in [-0.05, 0) is 37.1 Å². The minimum absolute atomic E-state index is 0.0311. The van der Waals surface area contributed by atoms with Crippen LogP contribution in [0.3, 0.4) is 0 Å². The van der Waals surface area contributed by atoms with Crippen LogP contribution >= 0.6 is 0 Å². The molecule has 4 heteroatoms. The van der Waals surface area contributed by atoms with E-state index in [1.54, 1.807) is 18.2 Å². The lowest BCUT2D eigenvalue weighted by Crippen LogP contribution is -2.34. The molecule has 0 saturated heterocycles. The van der Waals surface area contributed by atoms with Gasteiger partial charge in [0.05, 0.1) is 5.41 Å². The molecule has 0 radical (unpaired) electrons. The molecule has 0 N–H and O–H groups in total. The molecule has 0 bridgehead atoms. The molecule has 1 heterocycles. The Labute approximate surface area is 104 Å². The van der Waals surface area contributed by atoms with Crippen molar-refractivity contribution >= 4 is 11.0 Å². The van der Waals surface area contributed by atoms with Crippen molar-refractivity contribution in [2.75, 3.05) is 0 Å². The Morgan fingerprint density at radius 3 is 2.39 bits per heavy atom. The van der Waals surface area contributed by atoms with Crippen LogP contribution in [0.4, 0.5) is 13.2 Å². The molecule has 0 unspecified atom stereocenters. The van der Waals surface area contributed by atoms with Gasteiger partial charge in [-0.25, -0.2) is 0 Å². The first-order valence-corrected chi connectivity index (χ1v) is 5.75. The fourth-order valence-corrected chi connectivity index (χ4v) is 1.95. The Hall–Kier alpha value is -1.45. The topological polar surface area (TPSA) is 13.1 Å². The first-order chi connectivity index (χ1) is 8.19. The van der Waals surface area contributed by atoms with Crippen molar-refractivity contribution in [3.63, 3.8) is 0 Å². The van der Waals surface area contributed by atoms with Gasteiger partial charge in [-0.1, -0.05) is 19.9 Å². The van der Waals surface area contributed by atoms with Crippen LogP contribution in [0.15, 0.2) is 28.7 Å². The van der Waals surface area contributed by atoms with Gasteiger partial charge < -0.3 is 4.42 Å². The van der Waals surface area contributed by atoms with Gasteiger partial charge in [-0.3, -0.25) is 0 Å². The second kappa shape index (κ2) is 4.04. The highest BCUT2D eigenvalue weighted by Crippen LogP contribution is 2.40. The predicted molar refractivity (Wildman–Crippen MR) is 64.5 cm³/mol. The van der Waals surface area contributed by atoms with Gasteiger partial charge in [0.15, 0.2) is 0 Å². The Morgan fingerprint density at radius 1 is 1.11 bits per heavy atom. The fraction of sp³-hybridized carbons (Fsp3) is 0.429. The van der Waals surface area contributed by atoms with Gasteiger partial charge in [0.25, 0.3) is 0 Å². The zero-order chi connectivity index (χ0) is 13.6. The van der Waals surface area contributed by atoms with E-state index in [0.717, 1.165) is 11.1 Å². The van der Waals surface area contributed by atoms with Crippen LogP contribution in [0.5, 0.6) is 0 Å². The van der Waals surface area contributed by atoms with Crippen molar-refractivity contribution in [2.45, 2.75) is 33.4 Å². The summed E-state index contributed by atoms with van der Waals surface area (Å²) in [5.74, 6) is 0.761. The van der Waals surface area contributed by atoms with E-state index >= 15 is 0 Å².